The maximum atomic E-state index is 14.3. The first-order valence-corrected chi connectivity index (χ1v) is 9.47. The van der Waals surface area contributed by atoms with E-state index in [1.54, 1.807) is 29.7 Å². The molecule has 1 aliphatic carbocycles. The van der Waals surface area contributed by atoms with Gasteiger partial charge in [0.1, 0.15) is 5.82 Å². The molecule has 1 heterocycles. The summed E-state index contributed by atoms with van der Waals surface area (Å²) in [5, 5.41) is 8.83. The Morgan fingerprint density at radius 1 is 1.03 bits per heavy atom. The summed E-state index contributed by atoms with van der Waals surface area (Å²) in [5.74, 6) is -0.912. The van der Waals surface area contributed by atoms with Crippen molar-refractivity contribution in [3.63, 3.8) is 0 Å². The lowest BCUT2D eigenvalue weighted by atomic mass is 9.98. The molecule has 1 saturated carbocycles. The number of amides is 1. The van der Waals surface area contributed by atoms with Crippen LogP contribution in [-0.4, -0.2) is 22.9 Å². The van der Waals surface area contributed by atoms with Crippen molar-refractivity contribution >= 4 is 28.7 Å². The minimum atomic E-state index is -0.587. The van der Waals surface area contributed by atoms with Crippen LogP contribution in [-0.2, 0) is 0 Å². The molecule has 1 amide bonds. The summed E-state index contributed by atoms with van der Waals surface area (Å²) < 4.78 is 14.3. The number of nitrogens with one attached hydrogen (secondary N) is 1. The first-order valence-electron chi connectivity index (χ1n) is 9.47. The molecule has 0 saturated heterocycles. The Morgan fingerprint density at radius 3 is 2.52 bits per heavy atom. The summed E-state index contributed by atoms with van der Waals surface area (Å²) in [5.41, 5.74) is 6.83. The van der Waals surface area contributed by atoms with Crippen LogP contribution in [0.5, 0.6) is 0 Å². The van der Waals surface area contributed by atoms with Gasteiger partial charge in [-0.3, -0.25) is 10.0 Å². The lowest BCUT2D eigenvalue weighted by Gasteiger charge is -2.26. The molecule has 2 aliphatic rings. The van der Waals surface area contributed by atoms with E-state index in [1.165, 1.54) is 12.1 Å². The lowest BCUT2D eigenvalue weighted by molar-refractivity contribution is 0.0706. The quantitative estimate of drug-likeness (QED) is 0.505. The first-order chi connectivity index (χ1) is 14.2. The standard InChI is InChI=1S/C23H18FN3O2/c24-16-9-12-20-18(13-16)22(14-5-7-15(8-6-14)23(28)26-29)25-19-3-1-2-4-21(19)27(20)17-10-11-17/h1-9,12-13,17,29H,10-11H2,(H,26,28). The number of aliphatic imine (C=N–C) groups is 1. The van der Waals surface area contributed by atoms with E-state index in [0.717, 1.165) is 35.5 Å². The average Bonchev–Trinajstić information content (AvgIpc) is 3.59. The van der Waals surface area contributed by atoms with Gasteiger partial charge in [0.15, 0.2) is 0 Å². The second-order valence-corrected chi connectivity index (χ2v) is 7.23. The van der Waals surface area contributed by atoms with Gasteiger partial charge >= 0.3 is 0 Å². The third kappa shape index (κ3) is 3.07. The molecular weight excluding hydrogens is 369 g/mol. The molecule has 6 heteroatoms. The Kier molecular flexibility index (Phi) is 4.14. The molecule has 0 atom stereocenters. The number of anilines is 2. The molecule has 3 aromatic rings. The molecule has 1 aliphatic heterocycles. The number of hydroxylamine groups is 1. The van der Waals surface area contributed by atoms with Crippen LogP contribution in [0.3, 0.4) is 0 Å². The fourth-order valence-corrected chi connectivity index (χ4v) is 3.77. The van der Waals surface area contributed by atoms with Gasteiger partial charge in [0.2, 0.25) is 0 Å². The fourth-order valence-electron chi connectivity index (χ4n) is 3.77. The Morgan fingerprint density at radius 2 is 1.79 bits per heavy atom. The molecule has 0 aromatic heterocycles. The average molecular weight is 387 g/mol. The molecule has 0 spiro atoms. The van der Waals surface area contributed by atoms with E-state index in [9.17, 15) is 9.18 Å². The number of hydrogen-bond donors (Lipinski definition) is 2. The van der Waals surface area contributed by atoms with E-state index in [2.05, 4.69) is 4.90 Å². The number of fused-ring (bicyclic) bond motifs is 2. The molecule has 144 valence electrons. The second kappa shape index (κ2) is 6.83. The van der Waals surface area contributed by atoms with Crippen LogP contribution in [0.15, 0.2) is 71.7 Å². The zero-order valence-electron chi connectivity index (χ0n) is 15.5. The molecule has 0 unspecified atom stereocenters. The Balaban J connectivity index is 1.72. The van der Waals surface area contributed by atoms with E-state index in [0.29, 0.717) is 22.9 Å². The van der Waals surface area contributed by atoms with Gasteiger partial charge in [-0.15, -0.1) is 0 Å². The summed E-state index contributed by atoms with van der Waals surface area (Å²) in [7, 11) is 0. The SMILES string of the molecule is O=C(NO)c1ccc(C2=Nc3ccccc3N(C3CC3)c3ccc(F)cc32)cc1. The van der Waals surface area contributed by atoms with E-state index >= 15 is 0 Å². The maximum absolute atomic E-state index is 14.3. The molecular formula is C23H18FN3O2. The molecule has 1 fully saturated rings. The number of halogens is 1. The number of nitrogens with zero attached hydrogens (tertiary/aromatic N) is 2. The molecule has 5 nitrogen and oxygen atoms in total. The third-order valence-electron chi connectivity index (χ3n) is 5.28. The van der Waals surface area contributed by atoms with Gasteiger partial charge in [-0.05, 0) is 55.3 Å². The van der Waals surface area contributed by atoms with Gasteiger partial charge < -0.3 is 4.90 Å². The minimum absolute atomic E-state index is 0.324. The van der Waals surface area contributed by atoms with Crippen molar-refractivity contribution in [2.75, 3.05) is 4.90 Å². The Hall–Kier alpha value is -3.51. The van der Waals surface area contributed by atoms with Gasteiger partial charge in [-0.2, -0.15) is 0 Å². The van der Waals surface area contributed by atoms with Gasteiger partial charge in [0, 0.05) is 22.7 Å². The van der Waals surface area contributed by atoms with Gasteiger partial charge in [0.25, 0.3) is 5.91 Å². The smallest absolute Gasteiger partial charge is 0.274 e. The van der Waals surface area contributed by atoms with Crippen molar-refractivity contribution in [1.82, 2.24) is 5.48 Å². The molecule has 0 radical (unpaired) electrons. The van der Waals surface area contributed by atoms with Crippen molar-refractivity contribution in [3.8, 4) is 0 Å². The van der Waals surface area contributed by atoms with Crippen molar-refractivity contribution in [2.24, 2.45) is 4.99 Å². The van der Waals surface area contributed by atoms with E-state index < -0.39 is 5.91 Å². The second-order valence-electron chi connectivity index (χ2n) is 7.23. The summed E-state index contributed by atoms with van der Waals surface area (Å²) in [6.45, 7) is 0. The fraction of sp³-hybridized carbons (Fsp3) is 0.130. The molecule has 29 heavy (non-hydrogen) atoms. The van der Waals surface area contributed by atoms with E-state index in [4.69, 9.17) is 10.2 Å². The van der Waals surface area contributed by atoms with Crippen LogP contribution in [0, 0.1) is 5.82 Å². The van der Waals surface area contributed by atoms with Crippen LogP contribution >= 0.6 is 0 Å². The zero-order chi connectivity index (χ0) is 20.0. The lowest BCUT2D eigenvalue weighted by Crippen LogP contribution is -2.21. The largest absolute Gasteiger partial charge is 0.336 e. The first kappa shape index (κ1) is 17.6. The number of hydrogen-bond acceptors (Lipinski definition) is 4. The normalized spacial score (nSPS) is 15.1. The van der Waals surface area contributed by atoms with E-state index in [1.807, 2.05) is 30.3 Å². The van der Waals surface area contributed by atoms with E-state index in [-0.39, 0.29) is 5.82 Å². The van der Waals surface area contributed by atoms with Gasteiger partial charge in [-0.25, -0.2) is 14.9 Å². The van der Waals surface area contributed by atoms with Crippen molar-refractivity contribution < 1.29 is 14.4 Å². The van der Waals surface area contributed by atoms with Crippen molar-refractivity contribution in [1.29, 1.82) is 0 Å². The van der Waals surface area contributed by atoms with Crippen LogP contribution in [0.2, 0.25) is 0 Å². The number of carbonyl (C=O) groups is 1. The Bertz CT molecular complexity index is 1140. The van der Waals surface area contributed by atoms with Crippen molar-refractivity contribution in [3.05, 3.63) is 89.2 Å². The predicted octanol–water partition coefficient (Wildman–Crippen LogP) is 4.73. The van der Waals surface area contributed by atoms with Gasteiger partial charge in [-0.1, -0.05) is 24.3 Å². The molecule has 0 bridgehead atoms. The predicted molar refractivity (Wildman–Crippen MR) is 109 cm³/mol. The topological polar surface area (TPSA) is 64.9 Å². The van der Waals surface area contributed by atoms with Crippen LogP contribution < -0.4 is 10.4 Å². The molecule has 3 aromatic carbocycles. The van der Waals surface area contributed by atoms with Crippen LogP contribution in [0.25, 0.3) is 0 Å². The minimum Gasteiger partial charge on any atom is -0.336 e. The Labute approximate surface area is 167 Å². The number of rotatable bonds is 3. The van der Waals surface area contributed by atoms with Crippen molar-refractivity contribution in [2.45, 2.75) is 18.9 Å². The third-order valence-corrected chi connectivity index (χ3v) is 5.28. The number of para-hydroxylation sites is 2. The highest BCUT2D eigenvalue weighted by Gasteiger charge is 2.35. The highest BCUT2D eigenvalue weighted by Crippen LogP contribution is 2.46. The van der Waals surface area contributed by atoms with Crippen LogP contribution in [0.1, 0.15) is 34.3 Å². The monoisotopic (exact) mass is 387 g/mol. The highest BCUT2D eigenvalue weighted by molar-refractivity contribution is 6.19. The summed E-state index contributed by atoms with van der Waals surface area (Å²) in [6.07, 6.45) is 2.18. The number of carbonyl (C=O) groups excluding carboxylic acids is 1. The van der Waals surface area contributed by atoms with Gasteiger partial charge in [0.05, 0.1) is 22.8 Å². The van der Waals surface area contributed by atoms with Crippen LogP contribution in [0.4, 0.5) is 21.5 Å². The summed E-state index contributed by atoms with van der Waals surface area (Å²) in [4.78, 5) is 18.8. The molecule has 5 rings (SSSR count). The molecule has 2 N–H and O–H groups in total. The number of benzene rings is 3. The summed E-state index contributed by atoms with van der Waals surface area (Å²) in [6, 6.07) is 19.9. The zero-order valence-corrected chi connectivity index (χ0v) is 15.5. The summed E-state index contributed by atoms with van der Waals surface area (Å²) >= 11 is 0. The maximum Gasteiger partial charge on any atom is 0.274 e. The highest BCUT2D eigenvalue weighted by atomic mass is 19.1.